The third-order valence-electron chi connectivity index (χ3n) is 10.5. The Morgan fingerprint density at radius 3 is 0.978 bits per heavy atom. The van der Waals surface area contributed by atoms with E-state index in [-0.39, 0.29) is 12.1 Å². The highest BCUT2D eigenvalue weighted by atomic mass is 16.5. The van der Waals surface area contributed by atoms with Crippen LogP contribution in [-0.2, 0) is 9.53 Å². The maximum atomic E-state index is 12.7. The van der Waals surface area contributed by atoms with Crippen molar-refractivity contribution < 1.29 is 9.53 Å². The molecule has 0 aliphatic heterocycles. The van der Waals surface area contributed by atoms with Gasteiger partial charge in [0.15, 0.2) is 0 Å². The van der Waals surface area contributed by atoms with E-state index in [9.17, 15) is 4.79 Å². The molecule has 2 atom stereocenters. The van der Waals surface area contributed by atoms with E-state index >= 15 is 0 Å². The number of esters is 1. The van der Waals surface area contributed by atoms with Gasteiger partial charge in [-0.3, -0.25) is 4.79 Å². The van der Waals surface area contributed by atoms with E-state index in [0.717, 1.165) is 12.8 Å². The molecule has 0 amide bonds. The molecule has 0 heterocycles. The molecule has 0 aromatic rings. The molecule has 0 saturated carbocycles. The Labute approximate surface area is 292 Å². The topological polar surface area (TPSA) is 26.3 Å². The van der Waals surface area contributed by atoms with E-state index in [2.05, 4.69) is 27.7 Å². The summed E-state index contributed by atoms with van der Waals surface area (Å²) in [6.45, 7) is 9.19. The van der Waals surface area contributed by atoms with Gasteiger partial charge in [0.05, 0.1) is 0 Å². The van der Waals surface area contributed by atoms with Gasteiger partial charge in [0.25, 0.3) is 0 Å². The second kappa shape index (κ2) is 38.9. The molecule has 0 rings (SSSR count). The lowest BCUT2D eigenvalue weighted by Gasteiger charge is -2.24. The highest BCUT2D eigenvalue weighted by molar-refractivity contribution is 5.69. The van der Waals surface area contributed by atoms with Gasteiger partial charge >= 0.3 is 5.97 Å². The molecular formula is C44H88O2. The van der Waals surface area contributed by atoms with Gasteiger partial charge in [-0.25, -0.2) is 0 Å². The number of unbranched alkanes of at least 4 members (excludes halogenated alkanes) is 31. The highest BCUT2D eigenvalue weighted by Gasteiger charge is 2.21. The van der Waals surface area contributed by atoms with E-state index in [0.29, 0.717) is 12.3 Å². The molecule has 0 spiro atoms. The van der Waals surface area contributed by atoms with Crippen molar-refractivity contribution in [3.05, 3.63) is 0 Å². The van der Waals surface area contributed by atoms with Crippen molar-refractivity contribution in [3.63, 3.8) is 0 Å². The molecule has 0 radical (unpaired) electrons. The summed E-state index contributed by atoms with van der Waals surface area (Å²) in [6, 6.07) is 0. The van der Waals surface area contributed by atoms with Crippen LogP contribution >= 0.6 is 0 Å². The third-order valence-corrected chi connectivity index (χ3v) is 10.5. The van der Waals surface area contributed by atoms with Crippen molar-refractivity contribution in [1.29, 1.82) is 0 Å². The first kappa shape index (κ1) is 45.5. The Morgan fingerprint density at radius 1 is 0.370 bits per heavy atom. The van der Waals surface area contributed by atoms with Crippen LogP contribution in [0.25, 0.3) is 0 Å². The minimum atomic E-state index is 0.0648. The molecule has 2 unspecified atom stereocenters. The fraction of sp³-hybridized carbons (Fsp3) is 0.977. The van der Waals surface area contributed by atoms with Gasteiger partial charge in [0.2, 0.25) is 0 Å². The number of rotatable bonds is 39. The van der Waals surface area contributed by atoms with Crippen molar-refractivity contribution in [1.82, 2.24) is 0 Å². The number of hydrogen-bond donors (Lipinski definition) is 0. The van der Waals surface area contributed by atoms with Crippen molar-refractivity contribution in [2.24, 2.45) is 5.92 Å². The zero-order valence-corrected chi connectivity index (χ0v) is 32.6. The molecule has 0 bridgehead atoms. The smallest absolute Gasteiger partial charge is 0.306 e. The summed E-state index contributed by atoms with van der Waals surface area (Å²) < 4.78 is 6.12. The van der Waals surface area contributed by atoms with Gasteiger partial charge in [0, 0.05) is 6.42 Å². The third kappa shape index (κ3) is 34.8. The Hall–Kier alpha value is -0.530. The van der Waals surface area contributed by atoms with Crippen LogP contribution in [0.2, 0.25) is 0 Å². The van der Waals surface area contributed by atoms with Crippen molar-refractivity contribution in [3.8, 4) is 0 Å². The van der Waals surface area contributed by atoms with Gasteiger partial charge < -0.3 is 4.74 Å². The van der Waals surface area contributed by atoms with E-state index < -0.39 is 0 Å². The van der Waals surface area contributed by atoms with Crippen molar-refractivity contribution >= 4 is 5.97 Å². The second-order valence-electron chi connectivity index (χ2n) is 15.3. The molecule has 2 nitrogen and oxygen atoms in total. The number of hydrogen-bond acceptors (Lipinski definition) is 2. The molecule has 0 aliphatic rings. The number of carbonyl (C=O) groups is 1. The largest absolute Gasteiger partial charge is 0.462 e. The molecule has 276 valence electrons. The average molecular weight is 649 g/mol. The fourth-order valence-corrected chi connectivity index (χ4v) is 7.12. The SMILES string of the molecule is CCCCCCCCCCCCCCCCCCC(C)C(CCCCC)OC(=O)CCCCCCCCCCCCCCCCC. The first-order valence-corrected chi connectivity index (χ1v) is 21.8. The molecule has 0 aromatic heterocycles. The van der Waals surface area contributed by atoms with Crippen LogP contribution in [0.5, 0.6) is 0 Å². The summed E-state index contributed by atoms with van der Waals surface area (Å²) in [4.78, 5) is 12.7. The van der Waals surface area contributed by atoms with Gasteiger partial charge in [-0.05, 0) is 31.6 Å². The molecule has 46 heavy (non-hydrogen) atoms. The minimum Gasteiger partial charge on any atom is -0.462 e. The van der Waals surface area contributed by atoms with Gasteiger partial charge in [0.1, 0.15) is 6.10 Å². The number of carbonyl (C=O) groups excluding carboxylic acids is 1. The molecule has 0 aliphatic carbocycles. The van der Waals surface area contributed by atoms with Crippen LogP contribution in [0.15, 0.2) is 0 Å². The normalized spacial score (nSPS) is 12.9. The lowest BCUT2D eigenvalue weighted by Crippen LogP contribution is -2.25. The Balaban J connectivity index is 3.78. The van der Waals surface area contributed by atoms with Crippen LogP contribution < -0.4 is 0 Å². The number of ether oxygens (including phenoxy) is 1. The van der Waals surface area contributed by atoms with Gasteiger partial charge in [-0.1, -0.05) is 233 Å². The molecule has 0 aromatic carbocycles. The van der Waals surface area contributed by atoms with E-state index in [4.69, 9.17) is 4.74 Å². The zero-order chi connectivity index (χ0) is 33.6. The Morgan fingerprint density at radius 2 is 0.630 bits per heavy atom. The van der Waals surface area contributed by atoms with E-state index in [1.165, 1.54) is 218 Å². The standard InChI is InChI=1S/C44H88O2/c1-5-8-11-13-15-17-19-21-23-25-26-28-30-32-34-37-39-42(4)43(40-36-10-7-3)46-44(45)41-38-35-33-31-29-27-24-22-20-18-16-14-12-9-6-2/h42-43H,5-41H2,1-4H3. The summed E-state index contributed by atoms with van der Waals surface area (Å²) >= 11 is 0. The van der Waals surface area contributed by atoms with Gasteiger partial charge in [-0.15, -0.1) is 0 Å². The molecular weight excluding hydrogens is 560 g/mol. The van der Waals surface area contributed by atoms with E-state index in [1.807, 2.05) is 0 Å². The molecule has 0 saturated heterocycles. The first-order valence-electron chi connectivity index (χ1n) is 21.8. The van der Waals surface area contributed by atoms with Crippen LogP contribution in [0.1, 0.15) is 265 Å². The Bertz CT molecular complexity index is 572. The second-order valence-corrected chi connectivity index (χ2v) is 15.3. The highest BCUT2D eigenvalue weighted by Crippen LogP contribution is 2.23. The summed E-state index contributed by atoms with van der Waals surface area (Å²) in [5, 5.41) is 0. The predicted octanol–water partition coefficient (Wildman–Crippen LogP) is 16.0. The van der Waals surface area contributed by atoms with Gasteiger partial charge in [-0.2, -0.15) is 0 Å². The quantitative estimate of drug-likeness (QED) is 0.0490. The van der Waals surface area contributed by atoms with Crippen LogP contribution in [-0.4, -0.2) is 12.1 Å². The summed E-state index contributed by atoms with van der Waals surface area (Å²) in [5.74, 6) is 0.559. The minimum absolute atomic E-state index is 0.0648. The monoisotopic (exact) mass is 649 g/mol. The maximum Gasteiger partial charge on any atom is 0.306 e. The molecule has 0 N–H and O–H groups in total. The van der Waals surface area contributed by atoms with E-state index in [1.54, 1.807) is 0 Å². The predicted molar refractivity (Wildman–Crippen MR) is 207 cm³/mol. The summed E-state index contributed by atoms with van der Waals surface area (Å²) in [5.41, 5.74) is 0. The zero-order valence-electron chi connectivity index (χ0n) is 32.6. The average Bonchev–Trinajstić information content (AvgIpc) is 3.05. The maximum absolute atomic E-state index is 12.7. The summed E-state index contributed by atoms with van der Waals surface area (Å²) in [6.07, 6.45) is 49.7. The summed E-state index contributed by atoms with van der Waals surface area (Å²) in [7, 11) is 0. The molecule has 0 fully saturated rings. The van der Waals surface area contributed by atoms with Crippen LogP contribution in [0.4, 0.5) is 0 Å². The van der Waals surface area contributed by atoms with Crippen LogP contribution in [0.3, 0.4) is 0 Å². The lowest BCUT2D eigenvalue weighted by atomic mass is 9.93. The first-order chi connectivity index (χ1) is 22.7. The fourth-order valence-electron chi connectivity index (χ4n) is 7.12. The van der Waals surface area contributed by atoms with Crippen LogP contribution in [0, 0.1) is 5.92 Å². The lowest BCUT2D eigenvalue weighted by molar-refractivity contribution is -0.152. The van der Waals surface area contributed by atoms with Crippen molar-refractivity contribution in [2.45, 2.75) is 271 Å². The Kier molecular flexibility index (Phi) is 38.5. The molecule has 2 heteroatoms. The van der Waals surface area contributed by atoms with Crippen molar-refractivity contribution in [2.75, 3.05) is 0 Å².